The highest BCUT2D eigenvalue weighted by Gasteiger charge is 2.41. The van der Waals surface area contributed by atoms with Gasteiger partial charge in [-0.25, -0.2) is 8.42 Å². The number of hydrogen-bond donors (Lipinski definition) is 1. The smallest absolute Gasteiger partial charge is 0.324 e. The van der Waals surface area contributed by atoms with Gasteiger partial charge in [0.1, 0.15) is 11.8 Å². The molecule has 1 N–H and O–H groups in total. The zero-order valence-electron chi connectivity index (χ0n) is 15.0. The highest BCUT2D eigenvalue weighted by Crippen LogP contribution is 2.35. The van der Waals surface area contributed by atoms with Crippen molar-refractivity contribution in [3.63, 3.8) is 0 Å². The van der Waals surface area contributed by atoms with E-state index < -0.39 is 28.0 Å². The molecule has 146 valence electrons. The van der Waals surface area contributed by atoms with Crippen molar-refractivity contribution in [1.82, 2.24) is 4.31 Å². The molecule has 9 heteroatoms. The van der Waals surface area contributed by atoms with Crippen LogP contribution in [0.15, 0.2) is 40.6 Å². The molecule has 2 aromatic rings. The molecule has 1 aliphatic rings. The summed E-state index contributed by atoms with van der Waals surface area (Å²) in [6, 6.07) is 6.87. The van der Waals surface area contributed by atoms with Gasteiger partial charge >= 0.3 is 5.97 Å². The molecule has 0 fully saturated rings. The quantitative estimate of drug-likeness (QED) is 0.752. The fourth-order valence-corrected chi connectivity index (χ4v) is 5.87. The first-order valence-corrected chi connectivity index (χ1v) is 10.6. The molecule has 7 nitrogen and oxygen atoms in total. The summed E-state index contributed by atoms with van der Waals surface area (Å²) in [6.45, 7) is -0.222. The van der Waals surface area contributed by atoms with Gasteiger partial charge in [0, 0.05) is 23.8 Å². The molecular weight excluding hydrogens is 390 g/mol. The molecule has 3 rings (SSSR count). The van der Waals surface area contributed by atoms with Gasteiger partial charge in [-0.3, -0.25) is 4.79 Å². The van der Waals surface area contributed by atoms with Crippen LogP contribution in [0, 0.1) is 0 Å². The second-order valence-corrected chi connectivity index (χ2v) is 9.06. The monoisotopic (exact) mass is 411 g/mol. The standard InChI is InChI=1S/C18H21NO6S2/c1-24-13-3-5-14(6-4-13)27(22,23)19-10-12(11-20)15-7-8-26-17(15)9-16(19)18(21)25-2/h3-8,12,16,20H,9-11H2,1-2H3/t12-,16+/m1/s1. The molecule has 0 amide bonds. The summed E-state index contributed by atoms with van der Waals surface area (Å²) < 4.78 is 37.7. The van der Waals surface area contributed by atoms with Crippen molar-refractivity contribution in [3.05, 3.63) is 46.2 Å². The summed E-state index contributed by atoms with van der Waals surface area (Å²) in [5, 5.41) is 11.7. The fraction of sp³-hybridized carbons (Fsp3) is 0.389. The van der Waals surface area contributed by atoms with Gasteiger partial charge in [-0.2, -0.15) is 4.31 Å². The van der Waals surface area contributed by atoms with Crippen molar-refractivity contribution < 1.29 is 27.8 Å². The van der Waals surface area contributed by atoms with E-state index in [4.69, 9.17) is 9.47 Å². The van der Waals surface area contributed by atoms with Crippen LogP contribution in [0.3, 0.4) is 0 Å². The molecule has 0 bridgehead atoms. The third-order valence-corrected chi connectivity index (χ3v) is 7.55. The molecule has 0 saturated carbocycles. The Kier molecular flexibility index (Phi) is 5.85. The molecule has 1 aromatic heterocycles. The molecule has 0 aliphatic carbocycles. The van der Waals surface area contributed by atoms with E-state index >= 15 is 0 Å². The van der Waals surface area contributed by atoms with Gasteiger partial charge < -0.3 is 14.6 Å². The lowest BCUT2D eigenvalue weighted by molar-refractivity contribution is -0.145. The second kappa shape index (κ2) is 7.97. The van der Waals surface area contributed by atoms with E-state index in [9.17, 15) is 18.3 Å². The molecule has 0 radical (unpaired) electrons. The second-order valence-electron chi connectivity index (χ2n) is 6.17. The SMILES string of the molecule is COC(=O)[C@@H]1Cc2sccc2[C@@H](CO)CN1S(=O)(=O)c1ccc(OC)cc1. The van der Waals surface area contributed by atoms with Gasteiger partial charge in [0.05, 0.1) is 25.7 Å². The van der Waals surface area contributed by atoms with Crippen LogP contribution in [0.25, 0.3) is 0 Å². The summed E-state index contributed by atoms with van der Waals surface area (Å²) in [4.78, 5) is 13.4. The van der Waals surface area contributed by atoms with E-state index in [0.29, 0.717) is 5.75 Å². The number of hydrogen-bond acceptors (Lipinski definition) is 7. The minimum atomic E-state index is -3.98. The zero-order valence-corrected chi connectivity index (χ0v) is 16.6. The Morgan fingerprint density at radius 3 is 2.56 bits per heavy atom. The third kappa shape index (κ3) is 3.73. The van der Waals surface area contributed by atoms with Crippen molar-refractivity contribution in [3.8, 4) is 5.75 Å². The van der Waals surface area contributed by atoms with Gasteiger partial charge in [-0.1, -0.05) is 0 Å². The molecule has 27 heavy (non-hydrogen) atoms. The van der Waals surface area contributed by atoms with Crippen molar-refractivity contribution in [2.45, 2.75) is 23.3 Å². The van der Waals surface area contributed by atoms with Crippen molar-refractivity contribution in [1.29, 1.82) is 0 Å². The van der Waals surface area contributed by atoms with Crippen LogP contribution in [0.5, 0.6) is 5.75 Å². The van der Waals surface area contributed by atoms with Crippen LogP contribution in [-0.4, -0.2) is 57.2 Å². The number of fused-ring (bicyclic) bond motifs is 1. The largest absolute Gasteiger partial charge is 0.497 e. The maximum atomic E-state index is 13.3. The first-order chi connectivity index (χ1) is 12.9. The number of esters is 1. The summed E-state index contributed by atoms with van der Waals surface area (Å²) in [6.07, 6.45) is 0.214. The van der Waals surface area contributed by atoms with Gasteiger partial charge in [-0.05, 0) is 41.3 Å². The highest BCUT2D eigenvalue weighted by molar-refractivity contribution is 7.89. The van der Waals surface area contributed by atoms with E-state index in [0.717, 1.165) is 14.7 Å². The Labute approximate surface area is 162 Å². The molecule has 0 saturated heterocycles. The number of sulfonamides is 1. The van der Waals surface area contributed by atoms with E-state index in [1.54, 1.807) is 12.1 Å². The number of aliphatic hydroxyl groups excluding tert-OH is 1. The zero-order chi connectivity index (χ0) is 19.6. The third-order valence-electron chi connectivity index (χ3n) is 4.71. The van der Waals surface area contributed by atoms with Crippen LogP contribution in [0.2, 0.25) is 0 Å². The number of methoxy groups -OCH3 is 2. The number of carbonyl (C=O) groups excluding carboxylic acids is 1. The Balaban J connectivity index is 2.06. The maximum absolute atomic E-state index is 13.3. The van der Waals surface area contributed by atoms with E-state index in [1.165, 1.54) is 37.7 Å². The average molecular weight is 412 g/mol. The summed E-state index contributed by atoms with van der Waals surface area (Å²) >= 11 is 1.45. The Morgan fingerprint density at radius 2 is 1.96 bits per heavy atom. The number of benzene rings is 1. The van der Waals surface area contributed by atoms with Gasteiger partial charge in [-0.15, -0.1) is 11.3 Å². The van der Waals surface area contributed by atoms with Crippen molar-refractivity contribution in [2.24, 2.45) is 0 Å². The first-order valence-electron chi connectivity index (χ1n) is 8.33. The normalized spacial score (nSPS) is 20.6. The van der Waals surface area contributed by atoms with Crippen LogP contribution in [-0.2, 0) is 26.0 Å². The predicted octanol–water partition coefficient (Wildman–Crippen LogP) is 1.62. The van der Waals surface area contributed by atoms with Gasteiger partial charge in [0.15, 0.2) is 0 Å². The number of ether oxygens (including phenoxy) is 2. The lowest BCUT2D eigenvalue weighted by Gasteiger charge is -2.29. The number of nitrogens with zero attached hydrogens (tertiary/aromatic N) is 1. The average Bonchev–Trinajstić information content (AvgIpc) is 3.08. The lowest BCUT2D eigenvalue weighted by atomic mass is 10.0. The van der Waals surface area contributed by atoms with Crippen LogP contribution in [0.4, 0.5) is 0 Å². The minimum Gasteiger partial charge on any atom is -0.497 e. The number of aliphatic hydroxyl groups is 1. The first kappa shape index (κ1) is 19.8. The molecule has 2 atom stereocenters. The van der Waals surface area contributed by atoms with Gasteiger partial charge in [0.2, 0.25) is 10.0 Å². The number of rotatable bonds is 5. The molecule has 1 aromatic carbocycles. The molecule has 2 heterocycles. The summed E-state index contributed by atoms with van der Waals surface area (Å²) in [7, 11) is -1.25. The topological polar surface area (TPSA) is 93.1 Å². The Hall–Kier alpha value is -1.94. The molecular formula is C18H21NO6S2. The summed E-state index contributed by atoms with van der Waals surface area (Å²) in [5.74, 6) is -0.497. The highest BCUT2D eigenvalue weighted by atomic mass is 32.2. The maximum Gasteiger partial charge on any atom is 0.324 e. The van der Waals surface area contributed by atoms with Gasteiger partial charge in [0.25, 0.3) is 0 Å². The van der Waals surface area contributed by atoms with E-state index in [-0.39, 0.29) is 24.5 Å². The Morgan fingerprint density at radius 1 is 1.26 bits per heavy atom. The molecule has 0 spiro atoms. The molecule has 1 aliphatic heterocycles. The van der Waals surface area contributed by atoms with E-state index in [2.05, 4.69) is 0 Å². The van der Waals surface area contributed by atoms with Crippen LogP contribution < -0.4 is 4.74 Å². The van der Waals surface area contributed by atoms with Crippen molar-refractivity contribution in [2.75, 3.05) is 27.4 Å². The Bertz CT molecular complexity index is 906. The number of thiophene rings is 1. The molecule has 0 unspecified atom stereocenters. The summed E-state index contributed by atoms with van der Waals surface area (Å²) in [5.41, 5.74) is 0.879. The lowest BCUT2D eigenvalue weighted by Crippen LogP contribution is -2.47. The van der Waals surface area contributed by atoms with E-state index in [1.807, 2.05) is 11.4 Å². The number of carbonyl (C=O) groups is 1. The predicted molar refractivity (Wildman–Crippen MR) is 101 cm³/mol. The minimum absolute atomic E-state index is 0.00559. The fourth-order valence-electron chi connectivity index (χ4n) is 3.24. The van der Waals surface area contributed by atoms with Crippen LogP contribution in [0.1, 0.15) is 16.4 Å². The van der Waals surface area contributed by atoms with Crippen molar-refractivity contribution >= 4 is 27.3 Å². The van der Waals surface area contributed by atoms with Crippen LogP contribution >= 0.6 is 11.3 Å².